The van der Waals surface area contributed by atoms with E-state index >= 15 is 0 Å². The number of amides is 2. The van der Waals surface area contributed by atoms with Crippen LogP contribution in [0.3, 0.4) is 0 Å². The molecule has 0 aromatic heterocycles. The molecule has 0 aromatic rings. The molecule has 1 heterocycles. The van der Waals surface area contributed by atoms with Gasteiger partial charge in [-0.2, -0.15) is 0 Å². The second-order valence-corrected chi connectivity index (χ2v) is 9.03. The fraction of sp³-hybridized carbons (Fsp3) is 0.857. The van der Waals surface area contributed by atoms with Gasteiger partial charge < -0.3 is 30.3 Å². The van der Waals surface area contributed by atoms with Crippen LogP contribution >= 0.6 is 0 Å². The number of aliphatic imine (C=N–C) groups is 1. The lowest BCUT2D eigenvalue weighted by Crippen LogP contribution is -2.56. The lowest BCUT2D eigenvalue weighted by Gasteiger charge is -2.36. The van der Waals surface area contributed by atoms with Gasteiger partial charge in [-0.1, -0.05) is 13.8 Å². The monoisotopic (exact) mass is 442 g/mol. The molecule has 1 saturated heterocycles. The van der Waals surface area contributed by atoms with Crippen molar-refractivity contribution >= 4 is 18.0 Å². The van der Waals surface area contributed by atoms with Gasteiger partial charge in [-0.25, -0.2) is 4.79 Å². The highest BCUT2D eigenvalue weighted by atomic mass is 16.6. The third kappa shape index (κ3) is 11.2. The fourth-order valence-electron chi connectivity index (χ4n) is 3.12. The second kappa shape index (κ2) is 13.4. The number of hydrogen-bond donors (Lipinski definition) is 3. The SMILES string of the molecule is CN=C(NCC(NC(=O)OC(C)(C)C)C(C)C)N1CCN(CC(=O)NCCOC)CC1. The summed E-state index contributed by atoms with van der Waals surface area (Å²) in [7, 11) is 3.37. The summed E-state index contributed by atoms with van der Waals surface area (Å²) >= 11 is 0. The molecule has 2 amide bonds. The van der Waals surface area contributed by atoms with Gasteiger partial charge in [-0.3, -0.25) is 14.7 Å². The summed E-state index contributed by atoms with van der Waals surface area (Å²) in [5.74, 6) is 1.04. The largest absolute Gasteiger partial charge is 0.444 e. The Hall–Kier alpha value is -2.07. The number of alkyl carbamates (subject to hydrolysis) is 1. The number of hydrogen-bond acceptors (Lipinski definition) is 6. The van der Waals surface area contributed by atoms with E-state index in [-0.39, 0.29) is 17.9 Å². The van der Waals surface area contributed by atoms with E-state index in [2.05, 4.69) is 44.6 Å². The van der Waals surface area contributed by atoms with E-state index in [1.165, 1.54) is 0 Å². The topological polar surface area (TPSA) is 108 Å². The zero-order valence-electron chi connectivity index (χ0n) is 20.3. The molecule has 0 radical (unpaired) electrons. The maximum absolute atomic E-state index is 12.1. The molecule has 180 valence electrons. The molecule has 0 aliphatic carbocycles. The number of guanidine groups is 1. The molecule has 0 bridgehead atoms. The van der Waals surface area contributed by atoms with E-state index < -0.39 is 11.7 Å². The van der Waals surface area contributed by atoms with Crippen molar-refractivity contribution in [1.29, 1.82) is 0 Å². The highest BCUT2D eigenvalue weighted by Crippen LogP contribution is 2.09. The van der Waals surface area contributed by atoms with Crippen molar-refractivity contribution in [2.75, 3.05) is 66.6 Å². The summed E-state index contributed by atoms with van der Waals surface area (Å²) in [4.78, 5) is 32.8. The Kier molecular flexibility index (Phi) is 11.6. The maximum atomic E-state index is 12.1. The molecule has 1 atom stereocenters. The van der Waals surface area contributed by atoms with Crippen molar-refractivity contribution in [3.8, 4) is 0 Å². The minimum Gasteiger partial charge on any atom is -0.444 e. The smallest absolute Gasteiger partial charge is 0.407 e. The van der Waals surface area contributed by atoms with Crippen molar-refractivity contribution in [2.45, 2.75) is 46.3 Å². The molecule has 31 heavy (non-hydrogen) atoms. The minimum atomic E-state index is -0.532. The van der Waals surface area contributed by atoms with E-state index in [1.807, 2.05) is 20.8 Å². The molecule has 1 fully saturated rings. The van der Waals surface area contributed by atoms with Crippen molar-refractivity contribution in [2.24, 2.45) is 10.9 Å². The molecular weight excluding hydrogens is 400 g/mol. The van der Waals surface area contributed by atoms with Gasteiger partial charge >= 0.3 is 6.09 Å². The standard InChI is InChI=1S/C21H42N6O4/c1-16(2)17(25-20(29)31-21(3,4)5)14-24-19(22-6)27-11-9-26(10-12-27)15-18(28)23-8-13-30-7/h16-17H,8-15H2,1-7H3,(H,22,24)(H,23,28)(H,25,29). The van der Waals surface area contributed by atoms with Crippen LogP contribution in [0, 0.1) is 5.92 Å². The minimum absolute atomic E-state index is 0.0148. The van der Waals surface area contributed by atoms with Gasteiger partial charge in [-0.15, -0.1) is 0 Å². The van der Waals surface area contributed by atoms with Gasteiger partial charge in [0.15, 0.2) is 5.96 Å². The molecule has 1 aliphatic rings. The summed E-state index contributed by atoms with van der Waals surface area (Å²) < 4.78 is 10.3. The average Bonchev–Trinajstić information content (AvgIpc) is 2.67. The normalized spacial score (nSPS) is 16.8. The van der Waals surface area contributed by atoms with Crippen LogP contribution in [0.1, 0.15) is 34.6 Å². The molecule has 0 aromatic carbocycles. The first-order valence-corrected chi connectivity index (χ1v) is 11.0. The lowest BCUT2D eigenvalue weighted by atomic mass is 10.0. The van der Waals surface area contributed by atoms with Crippen LogP contribution in [0.15, 0.2) is 4.99 Å². The van der Waals surface area contributed by atoms with Crippen molar-refractivity contribution in [3.05, 3.63) is 0 Å². The summed E-state index contributed by atoms with van der Waals surface area (Å²) in [5, 5.41) is 9.17. The van der Waals surface area contributed by atoms with Gasteiger partial charge in [-0.05, 0) is 26.7 Å². The van der Waals surface area contributed by atoms with Crippen LogP contribution in [0.5, 0.6) is 0 Å². The quantitative estimate of drug-likeness (QED) is 0.271. The van der Waals surface area contributed by atoms with E-state index in [4.69, 9.17) is 9.47 Å². The van der Waals surface area contributed by atoms with E-state index in [0.717, 1.165) is 32.1 Å². The first-order valence-electron chi connectivity index (χ1n) is 11.0. The molecule has 0 spiro atoms. The Morgan fingerprint density at radius 1 is 1.10 bits per heavy atom. The molecule has 10 nitrogen and oxygen atoms in total. The van der Waals surface area contributed by atoms with E-state index in [9.17, 15) is 9.59 Å². The highest BCUT2D eigenvalue weighted by Gasteiger charge is 2.24. The molecule has 1 rings (SSSR count). The number of nitrogens with zero attached hydrogens (tertiary/aromatic N) is 3. The molecule has 3 N–H and O–H groups in total. The van der Waals surface area contributed by atoms with Gasteiger partial charge in [0, 0.05) is 53.4 Å². The maximum Gasteiger partial charge on any atom is 0.407 e. The molecule has 1 unspecified atom stereocenters. The van der Waals surface area contributed by atoms with Crippen molar-refractivity contribution in [3.63, 3.8) is 0 Å². The van der Waals surface area contributed by atoms with Gasteiger partial charge in [0.05, 0.1) is 19.2 Å². The predicted octanol–water partition coefficient (Wildman–Crippen LogP) is 0.491. The van der Waals surface area contributed by atoms with Crippen LogP contribution in [-0.4, -0.2) is 106 Å². The number of rotatable bonds is 9. The van der Waals surface area contributed by atoms with Crippen LogP contribution in [0.4, 0.5) is 4.79 Å². The first kappa shape index (κ1) is 27.0. The van der Waals surface area contributed by atoms with Crippen LogP contribution in [0.25, 0.3) is 0 Å². The molecule has 1 aliphatic heterocycles. The van der Waals surface area contributed by atoms with Crippen LogP contribution in [0.2, 0.25) is 0 Å². The highest BCUT2D eigenvalue weighted by molar-refractivity contribution is 5.80. The number of carbonyl (C=O) groups is 2. The fourth-order valence-corrected chi connectivity index (χ4v) is 3.12. The molecule has 10 heteroatoms. The Morgan fingerprint density at radius 3 is 2.26 bits per heavy atom. The van der Waals surface area contributed by atoms with E-state index in [1.54, 1.807) is 14.2 Å². The summed E-state index contributed by atoms with van der Waals surface area (Å²) in [6.07, 6.45) is -0.416. The Labute approximate surface area is 187 Å². The third-order valence-electron chi connectivity index (χ3n) is 4.87. The molecular formula is C21H42N6O4. The van der Waals surface area contributed by atoms with E-state index in [0.29, 0.717) is 26.2 Å². The zero-order chi connectivity index (χ0) is 23.4. The van der Waals surface area contributed by atoms with Crippen LogP contribution < -0.4 is 16.0 Å². The average molecular weight is 443 g/mol. The lowest BCUT2D eigenvalue weighted by molar-refractivity contribution is -0.122. The van der Waals surface area contributed by atoms with Gasteiger partial charge in [0.1, 0.15) is 5.60 Å². The number of piperazine rings is 1. The van der Waals surface area contributed by atoms with Gasteiger partial charge in [0.25, 0.3) is 0 Å². The Balaban J connectivity index is 2.47. The molecule has 0 saturated carbocycles. The first-order chi connectivity index (χ1) is 14.6. The third-order valence-corrected chi connectivity index (χ3v) is 4.87. The number of methoxy groups -OCH3 is 1. The zero-order valence-corrected chi connectivity index (χ0v) is 20.3. The Bertz CT molecular complexity index is 583. The summed E-state index contributed by atoms with van der Waals surface area (Å²) in [5.41, 5.74) is -0.532. The second-order valence-electron chi connectivity index (χ2n) is 9.03. The number of carbonyl (C=O) groups excluding carboxylic acids is 2. The van der Waals surface area contributed by atoms with Gasteiger partial charge in [0.2, 0.25) is 5.91 Å². The summed E-state index contributed by atoms with van der Waals surface area (Å²) in [6.45, 7) is 14.7. The van der Waals surface area contributed by atoms with Crippen LogP contribution in [-0.2, 0) is 14.3 Å². The Morgan fingerprint density at radius 2 is 1.74 bits per heavy atom. The number of nitrogens with one attached hydrogen (secondary N) is 3. The number of ether oxygens (including phenoxy) is 2. The van der Waals surface area contributed by atoms with Crippen molar-refractivity contribution in [1.82, 2.24) is 25.8 Å². The van der Waals surface area contributed by atoms with Crippen molar-refractivity contribution < 1.29 is 19.1 Å². The summed E-state index contributed by atoms with van der Waals surface area (Å²) in [6, 6.07) is -0.0938. The predicted molar refractivity (Wildman–Crippen MR) is 122 cm³/mol.